The van der Waals surface area contributed by atoms with E-state index in [-0.39, 0.29) is 44.4 Å². The average molecular weight is 550 g/mol. The number of halogens is 2. The lowest BCUT2D eigenvalue weighted by Gasteiger charge is -2.29. The number of carboxylic acid groups (broad SMARTS) is 1. The number of imide groups is 1. The third kappa shape index (κ3) is 4.16. The second kappa shape index (κ2) is 8.55. The summed E-state index contributed by atoms with van der Waals surface area (Å²) >= 11 is 7.15. The van der Waals surface area contributed by atoms with Crippen molar-refractivity contribution in [2.24, 2.45) is 11.8 Å². The number of carboxylic acids is 1. The van der Waals surface area contributed by atoms with Gasteiger partial charge in [-0.1, -0.05) is 37.9 Å². The van der Waals surface area contributed by atoms with Gasteiger partial charge in [-0.3, -0.25) is 19.3 Å². The number of alkyl halides is 2. The number of carbonyl (C=O) groups excluding carboxylic acids is 3. The number of rotatable bonds is 4. The minimum atomic E-state index is -1.05. The molecule has 0 spiro atoms. The standard InChI is InChI=1S/C22H18Br2N2O5/c23-17-9-15-16(10-18(17)24)21(29)26(20(15)28)14-3-1-2-12(8-14)19(27)25-13-6-4-11(5-7-13)22(30)31/h1-8,15-18H,9-10H2,(H,25,27)(H,30,31)/t15-,16-,17+,18+/m1/s1. The monoisotopic (exact) mass is 548 g/mol. The van der Waals surface area contributed by atoms with Gasteiger partial charge in [0.25, 0.3) is 5.91 Å². The lowest BCUT2D eigenvalue weighted by molar-refractivity contribution is -0.122. The number of hydrogen-bond acceptors (Lipinski definition) is 4. The molecule has 4 rings (SSSR count). The zero-order valence-corrected chi connectivity index (χ0v) is 19.3. The van der Waals surface area contributed by atoms with Gasteiger partial charge in [0.15, 0.2) is 0 Å². The largest absolute Gasteiger partial charge is 0.478 e. The second-order valence-electron chi connectivity index (χ2n) is 7.62. The molecule has 1 saturated heterocycles. The summed E-state index contributed by atoms with van der Waals surface area (Å²) in [6.45, 7) is 0. The quantitative estimate of drug-likeness (QED) is 0.442. The van der Waals surface area contributed by atoms with E-state index in [4.69, 9.17) is 5.11 Å². The second-order valence-corrected chi connectivity index (χ2v) is 9.97. The van der Waals surface area contributed by atoms with Gasteiger partial charge in [0.05, 0.1) is 23.1 Å². The number of benzene rings is 2. The number of anilines is 2. The van der Waals surface area contributed by atoms with Crippen molar-refractivity contribution in [3.05, 3.63) is 59.7 Å². The Morgan fingerprint density at radius 2 is 1.48 bits per heavy atom. The Balaban J connectivity index is 1.54. The number of nitrogens with one attached hydrogen (secondary N) is 1. The van der Waals surface area contributed by atoms with Gasteiger partial charge in [-0.2, -0.15) is 0 Å². The SMILES string of the molecule is O=C(O)c1ccc(NC(=O)c2cccc(N3C(=O)[C@@H]4C[C@H](Br)[C@@H](Br)C[C@H]4C3=O)c2)cc1. The predicted octanol–water partition coefficient (Wildman–Crippen LogP) is 4.06. The molecule has 1 saturated carbocycles. The zero-order valence-electron chi connectivity index (χ0n) is 16.1. The third-order valence-corrected chi connectivity index (χ3v) is 8.40. The van der Waals surface area contributed by atoms with Gasteiger partial charge in [-0.05, 0) is 55.3 Å². The van der Waals surface area contributed by atoms with E-state index in [9.17, 15) is 19.2 Å². The van der Waals surface area contributed by atoms with Crippen molar-refractivity contribution in [2.75, 3.05) is 10.2 Å². The Labute approximate surface area is 195 Å². The number of carbonyl (C=O) groups is 4. The van der Waals surface area contributed by atoms with Crippen LogP contribution in [0.1, 0.15) is 33.6 Å². The van der Waals surface area contributed by atoms with Gasteiger partial charge in [-0.25, -0.2) is 4.79 Å². The number of hydrogen-bond donors (Lipinski definition) is 2. The molecule has 7 nitrogen and oxygen atoms in total. The van der Waals surface area contributed by atoms with Crippen molar-refractivity contribution in [2.45, 2.75) is 22.5 Å². The fourth-order valence-electron chi connectivity index (χ4n) is 4.04. The van der Waals surface area contributed by atoms with Crippen molar-refractivity contribution in [3.63, 3.8) is 0 Å². The summed E-state index contributed by atoms with van der Waals surface area (Å²) in [4.78, 5) is 51.0. The van der Waals surface area contributed by atoms with Crippen LogP contribution in [0.5, 0.6) is 0 Å². The zero-order chi connectivity index (χ0) is 22.3. The highest BCUT2D eigenvalue weighted by atomic mass is 79.9. The Bertz CT molecular complexity index is 1040. The van der Waals surface area contributed by atoms with Crippen molar-refractivity contribution in [1.29, 1.82) is 0 Å². The van der Waals surface area contributed by atoms with Gasteiger partial charge < -0.3 is 10.4 Å². The molecular weight excluding hydrogens is 532 g/mol. The van der Waals surface area contributed by atoms with Crippen molar-refractivity contribution < 1.29 is 24.3 Å². The molecule has 31 heavy (non-hydrogen) atoms. The lowest BCUT2D eigenvalue weighted by atomic mass is 9.81. The lowest BCUT2D eigenvalue weighted by Crippen LogP contribution is -2.34. The smallest absolute Gasteiger partial charge is 0.335 e. The minimum absolute atomic E-state index is 0.115. The number of nitrogens with zero attached hydrogens (tertiary/aromatic N) is 1. The summed E-state index contributed by atoms with van der Waals surface area (Å²) in [5.41, 5.74) is 1.21. The van der Waals surface area contributed by atoms with E-state index in [1.807, 2.05) is 0 Å². The molecular formula is C22H18Br2N2O5. The van der Waals surface area contributed by atoms with Crippen LogP contribution in [0.2, 0.25) is 0 Å². The molecule has 0 aromatic heterocycles. The first-order chi connectivity index (χ1) is 14.8. The molecule has 0 unspecified atom stereocenters. The first-order valence-corrected chi connectivity index (χ1v) is 11.5. The van der Waals surface area contributed by atoms with Crippen LogP contribution in [-0.2, 0) is 9.59 Å². The highest BCUT2D eigenvalue weighted by Crippen LogP contribution is 2.44. The topological polar surface area (TPSA) is 104 Å². The van der Waals surface area contributed by atoms with Crippen LogP contribution in [0.4, 0.5) is 11.4 Å². The summed E-state index contributed by atoms with van der Waals surface area (Å²) in [5.74, 6) is -2.68. The molecule has 2 N–H and O–H groups in total. The van der Waals surface area contributed by atoms with Crippen LogP contribution in [-0.4, -0.2) is 38.5 Å². The Morgan fingerprint density at radius 3 is 2.03 bits per heavy atom. The van der Waals surface area contributed by atoms with Crippen molar-refractivity contribution in [1.82, 2.24) is 0 Å². The molecule has 3 amide bonds. The van der Waals surface area contributed by atoms with Crippen LogP contribution < -0.4 is 10.2 Å². The van der Waals surface area contributed by atoms with Gasteiger partial charge in [0, 0.05) is 20.9 Å². The Morgan fingerprint density at radius 1 is 0.903 bits per heavy atom. The fourth-order valence-corrected chi connectivity index (χ4v) is 5.27. The highest BCUT2D eigenvalue weighted by Gasteiger charge is 2.52. The van der Waals surface area contributed by atoms with Crippen LogP contribution >= 0.6 is 31.9 Å². The summed E-state index contributed by atoms with van der Waals surface area (Å²) in [7, 11) is 0. The van der Waals surface area contributed by atoms with E-state index in [2.05, 4.69) is 37.2 Å². The van der Waals surface area contributed by atoms with Crippen molar-refractivity contribution in [3.8, 4) is 0 Å². The molecule has 1 aliphatic carbocycles. The maximum Gasteiger partial charge on any atom is 0.335 e. The van der Waals surface area contributed by atoms with E-state index >= 15 is 0 Å². The maximum atomic E-state index is 13.0. The number of aromatic carboxylic acids is 1. The van der Waals surface area contributed by atoms with E-state index < -0.39 is 11.9 Å². The molecule has 0 bridgehead atoms. The van der Waals surface area contributed by atoms with Crippen LogP contribution in [0, 0.1) is 11.8 Å². The Hall–Kier alpha value is -2.52. The summed E-state index contributed by atoms with van der Waals surface area (Å²) in [6.07, 6.45) is 1.16. The Kier molecular flexibility index (Phi) is 5.98. The summed E-state index contributed by atoms with van der Waals surface area (Å²) in [5, 5.41) is 11.7. The van der Waals surface area contributed by atoms with Crippen LogP contribution in [0.25, 0.3) is 0 Å². The first-order valence-electron chi connectivity index (χ1n) is 9.67. The molecule has 2 aromatic rings. The number of amides is 3. The average Bonchev–Trinajstić information content (AvgIpc) is 2.98. The molecule has 9 heteroatoms. The van der Waals surface area contributed by atoms with Crippen molar-refractivity contribution >= 4 is 66.9 Å². The van der Waals surface area contributed by atoms with E-state index in [1.165, 1.54) is 35.2 Å². The van der Waals surface area contributed by atoms with E-state index in [1.54, 1.807) is 18.2 Å². The number of fused-ring (bicyclic) bond motifs is 1. The summed E-state index contributed by atoms with van der Waals surface area (Å²) < 4.78 is 0. The minimum Gasteiger partial charge on any atom is -0.478 e. The molecule has 1 heterocycles. The van der Waals surface area contributed by atoms with Gasteiger partial charge in [-0.15, -0.1) is 0 Å². The fraction of sp³-hybridized carbons (Fsp3) is 0.273. The first kappa shape index (κ1) is 21.7. The molecule has 160 valence electrons. The summed E-state index contributed by atoms with van der Waals surface area (Å²) in [6, 6.07) is 12.2. The van der Waals surface area contributed by atoms with Crippen LogP contribution in [0.3, 0.4) is 0 Å². The highest BCUT2D eigenvalue weighted by molar-refractivity contribution is 9.12. The predicted molar refractivity (Wildman–Crippen MR) is 122 cm³/mol. The van der Waals surface area contributed by atoms with Gasteiger partial charge >= 0.3 is 5.97 Å². The van der Waals surface area contributed by atoms with Gasteiger partial charge in [0.2, 0.25) is 11.8 Å². The molecule has 2 fully saturated rings. The molecule has 1 aliphatic heterocycles. The molecule has 4 atom stereocenters. The molecule has 2 aromatic carbocycles. The normalized spacial score (nSPS) is 25.3. The maximum absolute atomic E-state index is 13.0. The third-order valence-electron chi connectivity index (χ3n) is 5.67. The molecule has 0 radical (unpaired) electrons. The van der Waals surface area contributed by atoms with Gasteiger partial charge in [0.1, 0.15) is 0 Å². The van der Waals surface area contributed by atoms with Crippen LogP contribution in [0.15, 0.2) is 48.5 Å². The van der Waals surface area contributed by atoms with E-state index in [0.717, 1.165) is 0 Å². The molecule has 2 aliphatic rings. The van der Waals surface area contributed by atoms with E-state index in [0.29, 0.717) is 24.2 Å².